The molecule has 3 N–H and O–H groups in total. The smallest absolute Gasteiger partial charge is 0.356 e. The molecule has 4 aromatic rings. The van der Waals surface area contributed by atoms with E-state index in [1.807, 2.05) is 6.92 Å². The third-order valence-electron chi connectivity index (χ3n) is 5.54. The first-order valence-corrected chi connectivity index (χ1v) is 11.2. The van der Waals surface area contributed by atoms with Crippen LogP contribution in [0.15, 0.2) is 35.6 Å². The second-order valence-corrected chi connectivity index (χ2v) is 9.09. The van der Waals surface area contributed by atoms with E-state index in [4.69, 9.17) is 0 Å². The highest BCUT2D eigenvalue weighted by Gasteiger charge is 2.36. The number of halogens is 3. The maximum Gasteiger partial charge on any atom is 0.419 e. The highest BCUT2D eigenvalue weighted by Crippen LogP contribution is 2.38. The summed E-state index contributed by atoms with van der Waals surface area (Å²) >= 11 is 1.35. The Kier molecular flexibility index (Phi) is 5.41. The lowest BCUT2D eigenvalue weighted by molar-refractivity contribution is -0.137. The van der Waals surface area contributed by atoms with Gasteiger partial charge in [0, 0.05) is 53.2 Å². The number of nitrogens with zero attached hydrogens (tertiary/aromatic N) is 4. The Labute approximate surface area is 189 Å². The molecule has 0 saturated carbocycles. The van der Waals surface area contributed by atoms with E-state index in [0.717, 1.165) is 30.5 Å². The van der Waals surface area contributed by atoms with Crippen molar-refractivity contribution in [1.29, 1.82) is 0 Å². The predicted molar refractivity (Wildman–Crippen MR) is 120 cm³/mol. The summed E-state index contributed by atoms with van der Waals surface area (Å²) in [6, 6.07) is 1.62. The fraction of sp³-hybridized carbons (Fsp3) is 0.333. The molecule has 0 amide bonds. The van der Waals surface area contributed by atoms with Crippen LogP contribution in [-0.4, -0.2) is 43.6 Å². The number of nitrogens with one attached hydrogen (secondary N) is 3. The van der Waals surface area contributed by atoms with Crippen LogP contribution in [0.4, 0.5) is 19.1 Å². The molecule has 0 aliphatic carbocycles. The van der Waals surface area contributed by atoms with Crippen LogP contribution in [0.5, 0.6) is 0 Å². The van der Waals surface area contributed by atoms with Gasteiger partial charge < -0.3 is 15.6 Å². The Morgan fingerprint density at radius 2 is 2.12 bits per heavy atom. The SMILES string of the molecule is Cc1cnc(-n2ccc3c(-c4nc(NC5CCCNC5)ncc4C(F)(F)F)c[nH]c3c2=O)s1. The summed E-state index contributed by atoms with van der Waals surface area (Å²) in [6.45, 7) is 3.47. The topological polar surface area (TPSA) is 101 Å². The van der Waals surface area contributed by atoms with Gasteiger partial charge >= 0.3 is 6.18 Å². The van der Waals surface area contributed by atoms with Crippen molar-refractivity contribution in [2.45, 2.75) is 32.0 Å². The number of rotatable bonds is 4. The minimum atomic E-state index is -4.66. The second-order valence-electron chi connectivity index (χ2n) is 7.88. The van der Waals surface area contributed by atoms with Crippen molar-refractivity contribution in [3.8, 4) is 16.4 Å². The molecular formula is C21H20F3N7OS. The summed E-state index contributed by atoms with van der Waals surface area (Å²) in [7, 11) is 0. The van der Waals surface area contributed by atoms with Gasteiger partial charge in [-0.25, -0.2) is 15.0 Å². The molecule has 8 nitrogen and oxygen atoms in total. The van der Waals surface area contributed by atoms with Crippen molar-refractivity contribution in [3.63, 3.8) is 0 Å². The molecular weight excluding hydrogens is 455 g/mol. The van der Waals surface area contributed by atoms with Gasteiger partial charge in [-0.05, 0) is 32.4 Å². The van der Waals surface area contributed by atoms with Crippen molar-refractivity contribution < 1.29 is 13.2 Å². The highest BCUT2D eigenvalue weighted by atomic mass is 32.1. The van der Waals surface area contributed by atoms with Crippen LogP contribution >= 0.6 is 11.3 Å². The second kappa shape index (κ2) is 8.27. The average molecular weight is 476 g/mol. The quantitative estimate of drug-likeness (QED) is 0.416. The molecule has 4 aromatic heterocycles. The standard InChI is InChI=1S/C21H20F3N7OS/c1-11-7-28-20(33-11)31-6-4-13-14(9-26-17(13)18(31)32)16-15(21(22,23)24)10-27-19(30-16)29-12-3-2-5-25-8-12/h4,6-7,9-10,12,25-26H,2-3,5,8H2,1H3,(H,27,29,30). The Balaban J connectivity index is 1.61. The molecule has 0 aromatic carbocycles. The average Bonchev–Trinajstić information content (AvgIpc) is 3.41. The van der Waals surface area contributed by atoms with Gasteiger partial charge in [0.25, 0.3) is 5.56 Å². The van der Waals surface area contributed by atoms with E-state index in [2.05, 4.69) is 30.6 Å². The summed E-state index contributed by atoms with van der Waals surface area (Å²) in [5.74, 6) is 0.118. The number of H-pyrrole nitrogens is 1. The fourth-order valence-electron chi connectivity index (χ4n) is 3.94. The van der Waals surface area contributed by atoms with Crippen LogP contribution in [0.25, 0.3) is 27.3 Å². The summed E-state index contributed by atoms with van der Waals surface area (Å²) in [5, 5.41) is 7.19. The fourth-order valence-corrected chi connectivity index (χ4v) is 4.69. The van der Waals surface area contributed by atoms with E-state index < -0.39 is 17.3 Å². The Hall–Kier alpha value is -3.25. The highest BCUT2D eigenvalue weighted by molar-refractivity contribution is 7.14. The molecule has 172 valence electrons. The molecule has 1 atom stereocenters. The third-order valence-corrected chi connectivity index (χ3v) is 6.45. The van der Waals surface area contributed by atoms with E-state index in [-0.39, 0.29) is 28.8 Å². The Morgan fingerprint density at radius 1 is 1.27 bits per heavy atom. The van der Waals surface area contributed by atoms with Crippen LogP contribution in [-0.2, 0) is 6.18 Å². The number of thiazole rings is 1. The van der Waals surface area contributed by atoms with Gasteiger partial charge in [0.2, 0.25) is 5.95 Å². The predicted octanol–water partition coefficient (Wildman–Crippen LogP) is 3.72. The summed E-state index contributed by atoms with van der Waals surface area (Å²) in [4.78, 5) is 29.2. The monoisotopic (exact) mass is 475 g/mol. The third kappa shape index (κ3) is 4.11. The number of aromatic amines is 1. The van der Waals surface area contributed by atoms with E-state index in [0.29, 0.717) is 17.1 Å². The number of fused-ring (bicyclic) bond motifs is 1. The zero-order chi connectivity index (χ0) is 23.2. The van der Waals surface area contributed by atoms with Crippen molar-refractivity contribution in [2.75, 3.05) is 18.4 Å². The lowest BCUT2D eigenvalue weighted by Gasteiger charge is -2.24. The van der Waals surface area contributed by atoms with Gasteiger partial charge in [-0.2, -0.15) is 13.2 Å². The van der Waals surface area contributed by atoms with Gasteiger partial charge in [-0.3, -0.25) is 9.36 Å². The van der Waals surface area contributed by atoms with Crippen molar-refractivity contribution >= 4 is 28.2 Å². The van der Waals surface area contributed by atoms with E-state index in [1.54, 1.807) is 12.3 Å². The first kappa shape index (κ1) is 21.6. The van der Waals surface area contributed by atoms with Crippen molar-refractivity contribution in [2.24, 2.45) is 0 Å². The minimum Gasteiger partial charge on any atom is -0.356 e. The summed E-state index contributed by atoms with van der Waals surface area (Å²) in [6.07, 6.45) is 2.52. The first-order chi connectivity index (χ1) is 15.8. The molecule has 0 radical (unpaired) electrons. The number of hydrogen-bond donors (Lipinski definition) is 3. The van der Waals surface area contributed by atoms with Gasteiger partial charge in [0.05, 0.1) is 5.69 Å². The van der Waals surface area contributed by atoms with Gasteiger partial charge in [0.15, 0.2) is 5.13 Å². The molecule has 1 aliphatic rings. The summed E-state index contributed by atoms with van der Waals surface area (Å²) < 4.78 is 42.8. The zero-order valence-electron chi connectivity index (χ0n) is 17.5. The number of piperidine rings is 1. The molecule has 5 heterocycles. The Bertz CT molecular complexity index is 1370. The number of alkyl halides is 3. The van der Waals surface area contributed by atoms with Gasteiger partial charge in [0.1, 0.15) is 11.1 Å². The summed E-state index contributed by atoms with van der Waals surface area (Å²) in [5.41, 5.74) is -1.28. The lowest BCUT2D eigenvalue weighted by Crippen LogP contribution is -2.38. The number of aryl methyl sites for hydroxylation is 1. The molecule has 1 fully saturated rings. The van der Waals surface area contributed by atoms with Crippen molar-refractivity contribution in [1.82, 2.24) is 29.8 Å². The number of aromatic nitrogens is 5. The zero-order valence-corrected chi connectivity index (χ0v) is 18.3. The normalized spacial score (nSPS) is 16.9. The molecule has 5 rings (SSSR count). The van der Waals surface area contributed by atoms with Crippen LogP contribution in [0.3, 0.4) is 0 Å². The lowest BCUT2D eigenvalue weighted by atomic mass is 10.1. The van der Waals surface area contributed by atoms with Crippen LogP contribution in [0.1, 0.15) is 23.3 Å². The van der Waals surface area contributed by atoms with E-state index in [1.165, 1.54) is 28.3 Å². The van der Waals surface area contributed by atoms with Crippen molar-refractivity contribution in [3.05, 3.63) is 51.6 Å². The van der Waals surface area contributed by atoms with Crippen LogP contribution in [0, 0.1) is 6.92 Å². The van der Waals surface area contributed by atoms with Gasteiger partial charge in [-0.1, -0.05) is 0 Å². The molecule has 0 bridgehead atoms. The minimum absolute atomic E-state index is 0.0280. The number of anilines is 1. The Morgan fingerprint density at radius 3 is 2.82 bits per heavy atom. The molecule has 0 spiro atoms. The molecule has 1 unspecified atom stereocenters. The molecule has 1 saturated heterocycles. The molecule has 12 heteroatoms. The number of pyridine rings is 1. The maximum atomic E-state index is 13.8. The van der Waals surface area contributed by atoms with E-state index in [9.17, 15) is 18.0 Å². The molecule has 33 heavy (non-hydrogen) atoms. The van der Waals surface area contributed by atoms with Crippen LogP contribution in [0.2, 0.25) is 0 Å². The number of hydrogen-bond acceptors (Lipinski definition) is 7. The largest absolute Gasteiger partial charge is 0.419 e. The maximum absolute atomic E-state index is 13.8. The van der Waals surface area contributed by atoms with E-state index >= 15 is 0 Å². The van der Waals surface area contributed by atoms with Gasteiger partial charge in [-0.15, -0.1) is 11.3 Å². The first-order valence-electron chi connectivity index (χ1n) is 10.4. The molecule has 1 aliphatic heterocycles. The van der Waals surface area contributed by atoms with Crippen LogP contribution < -0.4 is 16.2 Å².